The van der Waals surface area contributed by atoms with Crippen LogP contribution in [0.3, 0.4) is 0 Å². The van der Waals surface area contributed by atoms with Crippen LogP contribution >= 0.6 is 23.2 Å². The van der Waals surface area contributed by atoms with E-state index in [1.165, 1.54) is 37.5 Å². The minimum absolute atomic E-state index is 0.00528. The number of hydrogen-bond acceptors (Lipinski definition) is 9. The van der Waals surface area contributed by atoms with Crippen molar-refractivity contribution in [1.29, 1.82) is 0 Å². The second kappa shape index (κ2) is 14.6. The predicted molar refractivity (Wildman–Crippen MR) is 175 cm³/mol. The number of anilines is 1. The molecule has 2 saturated heterocycles. The van der Waals surface area contributed by atoms with Crippen molar-refractivity contribution in [3.05, 3.63) is 104 Å². The number of nitrogens with zero attached hydrogens (tertiary/aromatic N) is 2. The van der Waals surface area contributed by atoms with E-state index in [1.807, 2.05) is 4.90 Å². The summed E-state index contributed by atoms with van der Waals surface area (Å²) in [6.07, 6.45) is 5.60. The molecule has 0 aliphatic carbocycles. The average molecular weight is 690 g/mol. The molecule has 250 valence electrons. The van der Waals surface area contributed by atoms with Gasteiger partial charge in [-0.2, -0.15) is 0 Å². The van der Waals surface area contributed by atoms with Crippen LogP contribution in [-0.4, -0.2) is 72.4 Å². The van der Waals surface area contributed by atoms with Gasteiger partial charge >= 0.3 is 5.97 Å². The lowest BCUT2D eigenvalue weighted by atomic mass is 9.76. The summed E-state index contributed by atoms with van der Waals surface area (Å²) in [5, 5.41) is 29.7. The Kier molecular flexibility index (Phi) is 10.8. The van der Waals surface area contributed by atoms with E-state index in [0.29, 0.717) is 36.0 Å². The van der Waals surface area contributed by atoms with Gasteiger partial charge in [0.1, 0.15) is 11.4 Å². The number of rotatable bonds is 11. The van der Waals surface area contributed by atoms with E-state index in [9.17, 15) is 24.8 Å². The number of allylic oxidation sites excluding steroid dienone is 4. The zero-order valence-electron chi connectivity index (χ0n) is 25.6. The van der Waals surface area contributed by atoms with E-state index in [4.69, 9.17) is 32.7 Å². The SMILES string of the molecule is C=C(Cl)/C=C\C=C(/F)[C@H]1[C@H](NCc2ccc(C(=O)OC)cc2[N+](=O)[O-])[C@H](CO)N(CC2CCCOC2)[C@@]12C(=O)Nc1cc(Cl)ccc12. The highest BCUT2D eigenvalue weighted by atomic mass is 35.5. The number of fused-ring (bicyclic) bond motifs is 2. The molecule has 2 fully saturated rings. The summed E-state index contributed by atoms with van der Waals surface area (Å²) in [6, 6.07) is 7.08. The van der Waals surface area contributed by atoms with Crippen molar-refractivity contribution in [2.75, 3.05) is 38.8 Å². The van der Waals surface area contributed by atoms with Crippen LogP contribution in [0.1, 0.15) is 34.3 Å². The summed E-state index contributed by atoms with van der Waals surface area (Å²) in [6.45, 7) is 4.32. The van der Waals surface area contributed by atoms with Crippen LogP contribution in [0, 0.1) is 22.0 Å². The minimum atomic E-state index is -1.64. The van der Waals surface area contributed by atoms with Crippen LogP contribution in [-0.2, 0) is 26.4 Å². The van der Waals surface area contributed by atoms with Gasteiger partial charge in [0.25, 0.3) is 5.69 Å². The third kappa shape index (κ3) is 6.71. The van der Waals surface area contributed by atoms with Crippen molar-refractivity contribution >= 4 is 46.5 Å². The largest absolute Gasteiger partial charge is 0.465 e. The van der Waals surface area contributed by atoms with Crippen LogP contribution in [0.15, 0.2) is 72.1 Å². The number of nitrogens with one attached hydrogen (secondary N) is 2. The first-order valence-electron chi connectivity index (χ1n) is 15.1. The second-order valence-electron chi connectivity index (χ2n) is 11.7. The van der Waals surface area contributed by atoms with Crippen molar-refractivity contribution in [3.8, 4) is 0 Å². The summed E-state index contributed by atoms with van der Waals surface area (Å²) in [5.41, 5.74) is -0.888. The number of aliphatic hydroxyl groups excluding tert-OH is 1. The lowest BCUT2D eigenvalue weighted by Gasteiger charge is -2.41. The Bertz CT molecular complexity index is 1630. The van der Waals surface area contributed by atoms with E-state index in [0.717, 1.165) is 18.9 Å². The van der Waals surface area contributed by atoms with E-state index in [1.54, 1.807) is 18.2 Å². The van der Waals surface area contributed by atoms with Gasteiger partial charge in [0.15, 0.2) is 0 Å². The van der Waals surface area contributed by atoms with Crippen molar-refractivity contribution in [3.63, 3.8) is 0 Å². The molecule has 1 amide bonds. The highest BCUT2D eigenvalue weighted by Gasteiger charge is 2.67. The number of nitro benzene ring substituents is 1. The van der Waals surface area contributed by atoms with E-state index >= 15 is 4.39 Å². The fourth-order valence-corrected chi connectivity index (χ4v) is 7.30. The molecular weight excluding hydrogens is 654 g/mol. The number of carbonyl (C=O) groups is 2. The number of hydrogen-bond donors (Lipinski definition) is 3. The number of aliphatic hydroxyl groups is 1. The molecule has 0 saturated carbocycles. The third-order valence-electron chi connectivity index (χ3n) is 9.02. The number of halogens is 3. The lowest BCUT2D eigenvalue weighted by molar-refractivity contribution is -0.385. The molecule has 3 aliphatic heterocycles. The van der Waals surface area contributed by atoms with Crippen LogP contribution in [0.5, 0.6) is 0 Å². The van der Waals surface area contributed by atoms with Crippen LogP contribution in [0.25, 0.3) is 0 Å². The maximum atomic E-state index is 16.8. The smallest absolute Gasteiger partial charge is 0.338 e. The molecule has 1 unspecified atom stereocenters. The summed E-state index contributed by atoms with van der Waals surface area (Å²) in [5.74, 6) is -3.17. The summed E-state index contributed by atoms with van der Waals surface area (Å²) in [7, 11) is 1.17. The first-order chi connectivity index (χ1) is 22.5. The number of ether oxygens (including phenoxy) is 2. The van der Waals surface area contributed by atoms with Gasteiger partial charge in [0.2, 0.25) is 5.91 Å². The molecule has 2 aromatic rings. The maximum Gasteiger partial charge on any atom is 0.338 e. The van der Waals surface area contributed by atoms with Crippen molar-refractivity contribution < 1.29 is 33.5 Å². The molecule has 3 heterocycles. The molecule has 2 aromatic carbocycles. The Labute approximate surface area is 281 Å². The molecule has 0 aromatic heterocycles. The van der Waals surface area contributed by atoms with Crippen LogP contribution in [0.2, 0.25) is 5.02 Å². The Morgan fingerprint density at radius 3 is 2.81 bits per heavy atom. The monoisotopic (exact) mass is 688 g/mol. The molecule has 5 atom stereocenters. The van der Waals surface area contributed by atoms with Gasteiger partial charge in [-0.1, -0.05) is 48.0 Å². The molecule has 3 aliphatic rings. The van der Waals surface area contributed by atoms with E-state index in [-0.39, 0.29) is 34.3 Å². The van der Waals surface area contributed by atoms with E-state index in [2.05, 4.69) is 17.2 Å². The first kappa shape index (κ1) is 34.7. The highest BCUT2D eigenvalue weighted by molar-refractivity contribution is 6.31. The number of benzene rings is 2. The summed E-state index contributed by atoms with van der Waals surface area (Å²) < 4.78 is 27.3. The van der Waals surface area contributed by atoms with Crippen molar-refractivity contribution in [1.82, 2.24) is 10.2 Å². The molecule has 5 rings (SSSR count). The predicted octanol–water partition coefficient (Wildman–Crippen LogP) is 5.22. The molecule has 1 spiro atoms. The normalized spacial score (nSPS) is 26.1. The highest BCUT2D eigenvalue weighted by Crippen LogP contribution is 2.56. The summed E-state index contributed by atoms with van der Waals surface area (Å²) >= 11 is 12.2. The number of nitro groups is 1. The van der Waals surface area contributed by atoms with Crippen LogP contribution < -0.4 is 10.6 Å². The minimum Gasteiger partial charge on any atom is -0.465 e. The fourth-order valence-electron chi connectivity index (χ4n) is 7.05. The van der Waals surface area contributed by atoms with Gasteiger partial charge in [0.05, 0.1) is 42.8 Å². The average Bonchev–Trinajstić information content (AvgIpc) is 3.49. The van der Waals surface area contributed by atoms with Gasteiger partial charge < -0.3 is 25.2 Å². The van der Waals surface area contributed by atoms with E-state index < -0.39 is 52.8 Å². The Hall–Kier alpha value is -3.65. The molecule has 0 bridgehead atoms. The Morgan fingerprint density at radius 2 is 2.15 bits per heavy atom. The lowest BCUT2D eigenvalue weighted by Crippen LogP contribution is -2.55. The molecule has 11 nitrogen and oxygen atoms in total. The van der Waals surface area contributed by atoms with Crippen molar-refractivity contribution in [2.45, 2.75) is 37.0 Å². The molecular formula is C33H35Cl2FN4O7. The number of methoxy groups -OCH3 is 1. The maximum absolute atomic E-state index is 16.8. The van der Waals surface area contributed by atoms with Gasteiger partial charge in [-0.3, -0.25) is 19.8 Å². The van der Waals surface area contributed by atoms with Crippen LogP contribution in [0.4, 0.5) is 15.8 Å². The van der Waals surface area contributed by atoms with Gasteiger partial charge in [0, 0.05) is 58.7 Å². The molecule has 3 N–H and O–H groups in total. The Morgan fingerprint density at radius 1 is 1.36 bits per heavy atom. The Balaban J connectivity index is 1.65. The second-order valence-corrected chi connectivity index (χ2v) is 12.7. The molecule has 14 heteroatoms. The van der Waals surface area contributed by atoms with Crippen molar-refractivity contribution in [2.24, 2.45) is 11.8 Å². The molecule has 0 radical (unpaired) electrons. The third-order valence-corrected chi connectivity index (χ3v) is 9.38. The fraction of sp³-hybridized carbons (Fsp3) is 0.394. The van der Waals surface area contributed by atoms with Gasteiger partial charge in [-0.05, 0) is 49.1 Å². The quantitative estimate of drug-likeness (QED) is 0.125. The topological polar surface area (TPSA) is 143 Å². The zero-order valence-corrected chi connectivity index (χ0v) is 27.1. The molecule has 47 heavy (non-hydrogen) atoms. The summed E-state index contributed by atoms with van der Waals surface area (Å²) in [4.78, 5) is 39.7. The standard InChI is InChI=1S/C33H35Cl2FN4O7/c1-19(34)5-3-7-25(36)29-30(37-15-22-9-8-21(31(42)46-2)13-27(22)40(44)45)28(17-41)39(16-20-6-4-12-47-18-20)33(29)24-11-10-23(35)14-26(24)38-32(33)43/h3,5,7-11,13-14,20,28-30,37,41H,1,4,6,12,15-18H2,2H3,(H,38,43)/b5-3-,25-7-/t20?,28-,29-,30+,33+/m0/s1. The number of likely N-dealkylation sites (tertiary alicyclic amines) is 1. The van der Waals surface area contributed by atoms with Gasteiger partial charge in [-0.25, -0.2) is 9.18 Å². The zero-order chi connectivity index (χ0) is 33.9. The first-order valence-corrected chi connectivity index (χ1v) is 15.8. The number of amides is 1. The van der Waals surface area contributed by atoms with Gasteiger partial charge in [-0.15, -0.1) is 0 Å². The number of esters is 1. The number of carbonyl (C=O) groups excluding carboxylic acids is 2.